The Morgan fingerprint density at radius 2 is 2.06 bits per heavy atom. The third kappa shape index (κ3) is 3.17. The minimum atomic E-state index is 0.196. The van der Waals surface area contributed by atoms with E-state index in [1.807, 2.05) is 26.1 Å². The van der Waals surface area contributed by atoms with Crippen molar-refractivity contribution in [2.75, 3.05) is 7.05 Å². The lowest BCUT2D eigenvalue weighted by Crippen LogP contribution is -2.11. The third-order valence-electron chi connectivity index (χ3n) is 2.70. The second-order valence-electron chi connectivity index (χ2n) is 3.97. The van der Waals surface area contributed by atoms with Gasteiger partial charge in [0.1, 0.15) is 5.76 Å². The lowest BCUT2D eigenvalue weighted by molar-refractivity contribution is 0.420. The molecule has 0 saturated heterocycles. The quantitative estimate of drug-likeness (QED) is 0.940. The Bertz CT molecular complexity index is 478. The minimum Gasteiger partial charge on any atom is -0.444 e. The van der Waals surface area contributed by atoms with Crippen LogP contribution in [0.25, 0.3) is 0 Å². The highest BCUT2D eigenvalue weighted by atomic mass is 79.9. The fourth-order valence-electron chi connectivity index (χ4n) is 1.53. The van der Waals surface area contributed by atoms with E-state index in [0.29, 0.717) is 0 Å². The predicted octanol–water partition coefficient (Wildman–Crippen LogP) is 3.31. The van der Waals surface area contributed by atoms with E-state index in [-0.39, 0.29) is 6.04 Å². The first kappa shape index (κ1) is 12.3. The Labute approximate surface area is 109 Å². The van der Waals surface area contributed by atoms with Crippen LogP contribution in [0, 0.1) is 0 Å². The fraction of sp³-hybridized carbons (Fsp3) is 0.308. The largest absolute Gasteiger partial charge is 0.444 e. The first-order valence-electron chi connectivity index (χ1n) is 5.55. The Kier molecular flexibility index (Phi) is 3.97. The lowest BCUT2D eigenvalue weighted by Gasteiger charge is -2.04. The van der Waals surface area contributed by atoms with Gasteiger partial charge >= 0.3 is 0 Å². The number of nitrogens with one attached hydrogen (secondary N) is 1. The molecule has 0 radical (unpaired) electrons. The summed E-state index contributed by atoms with van der Waals surface area (Å²) in [5.74, 6) is 1.63. The van der Waals surface area contributed by atoms with Crippen LogP contribution in [-0.4, -0.2) is 12.0 Å². The van der Waals surface area contributed by atoms with E-state index in [1.54, 1.807) is 6.20 Å². The van der Waals surface area contributed by atoms with Gasteiger partial charge in [0.05, 0.1) is 12.2 Å². The van der Waals surface area contributed by atoms with Gasteiger partial charge < -0.3 is 9.73 Å². The molecule has 0 saturated carbocycles. The zero-order valence-corrected chi connectivity index (χ0v) is 11.5. The highest BCUT2D eigenvalue weighted by molar-refractivity contribution is 9.10. The second kappa shape index (κ2) is 5.47. The lowest BCUT2D eigenvalue weighted by atomic mass is 10.1. The highest BCUT2D eigenvalue weighted by Gasteiger charge is 2.09. The van der Waals surface area contributed by atoms with Crippen LogP contribution in [0.15, 0.2) is 39.4 Å². The Morgan fingerprint density at radius 3 is 2.71 bits per heavy atom. The monoisotopic (exact) mass is 294 g/mol. The van der Waals surface area contributed by atoms with Crippen LogP contribution in [0.5, 0.6) is 0 Å². The summed E-state index contributed by atoms with van der Waals surface area (Å²) in [6, 6.07) is 8.37. The van der Waals surface area contributed by atoms with Gasteiger partial charge in [0.25, 0.3) is 0 Å². The van der Waals surface area contributed by atoms with Crippen molar-refractivity contribution in [3.63, 3.8) is 0 Å². The van der Waals surface area contributed by atoms with E-state index in [9.17, 15) is 0 Å². The fourth-order valence-corrected chi connectivity index (χ4v) is 1.79. The third-order valence-corrected chi connectivity index (χ3v) is 3.23. The van der Waals surface area contributed by atoms with Gasteiger partial charge in [-0.05, 0) is 31.7 Å². The van der Waals surface area contributed by atoms with E-state index in [2.05, 4.69) is 38.4 Å². The molecule has 1 unspecified atom stereocenters. The molecule has 1 aromatic heterocycles. The summed E-state index contributed by atoms with van der Waals surface area (Å²) in [6.45, 7) is 2.05. The van der Waals surface area contributed by atoms with Crippen LogP contribution in [0.4, 0.5) is 0 Å². The first-order chi connectivity index (χ1) is 8.19. The number of aromatic nitrogens is 1. The molecule has 0 amide bonds. The molecule has 0 aliphatic rings. The molecule has 17 heavy (non-hydrogen) atoms. The molecule has 0 bridgehead atoms. The molecule has 1 aromatic carbocycles. The van der Waals surface area contributed by atoms with Gasteiger partial charge in [-0.15, -0.1) is 0 Å². The molecular formula is C13H15BrN2O. The molecule has 90 valence electrons. The zero-order chi connectivity index (χ0) is 12.3. The summed E-state index contributed by atoms with van der Waals surface area (Å²) in [5, 5.41) is 3.13. The van der Waals surface area contributed by atoms with Crippen LogP contribution >= 0.6 is 15.9 Å². The first-order valence-corrected chi connectivity index (χ1v) is 6.34. The maximum absolute atomic E-state index is 5.69. The maximum atomic E-state index is 5.69. The van der Waals surface area contributed by atoms with Gasteiger partial charge in [0.2, 0.25) is 0 Å². The van der Waals surface area contributed by atoms with Gasteiger partial charge in [-0.1, -0.05) is 28.1 Å². The summed E-state index contributed by atoms with van der Waals surface area (Å²) >= 11 is 3.42. The summed E-state index contributed by atoms with van der Waals surface area (Å²) < 4.78 is 6.77. The van der Waals surface area contributed by atoms with Crippen molar-refractivity contribution in [3.05, 3.63) is 52.1 Å². The molecule has 1 N–H and O–H groups in total. The van der Waals surface area contributed by atoms with E-state index < -0.39 is 0 Å². The summed E-state index contributed by atoms with van der Waals surface area (Å²) in [7, 11) is 1.90. The van der Waals surface area contributed by atoms with E-state index in [1.165, 1.54) is 5.56 Å². The number of hydrogen-bond acceptors (Lipinski definition) is 3. The van der Waals surface area contributed by atoms with Crippen molar-refractivity contribution < 1.29 is 4.42 Å². The van der Waals surface area contributed by atoms with Crippen molar-refractivity contribution in [3.8, 4) is 0 Å². The van der Waals surface area contributed by atoms with Crippen molar-refractivity contribution in [1.29, 1.82) is 0 Å². The number of rotatable bonds is 4. The molecule has 4 heteroatoms. The van der Waals surface area contributed by atoms with Crippen LogP contribution in [0.3, 0.4) is 0 Å². The Morgan fingerprint density at radius 1 is 1.35 bits per heavy atom. The van der Waals surface area contributed by atoms with Crippen molar-refractivity contribution in [2.45, 2.75) is 19.4 Å². The van der Waals surface area contributed by atoms with Gasteiger partial charge in [-0.3, -0.25) is 0 Å². The SMILES string of the molecule is CNC(C)c1cnc(Cc2ccc(Br)cc2)o1. The summed E-state index contributed by atoms with van der Waals surface area (Å²) in [5.41, 5.74) is 1.19. The smallest absolute Gasteiger partial charge is 0.198 e. The molecule has 0 aliphatic heterocycles. The number of benzene rings is 1. The van der Waals surface area contributed by atoms with Gasteiger partial charge in [0.15, 0.2) is 5.89 Å². The normalized spacial score (nSPS) is 12.6. The van der Waals surface area contributed by atoms with E-state index in [0.717, 1.165) is 22.5 Å². The van der Waals surface area contributed by atoms with E-state index in [4.69, 9.17) is 4.42 Å². The Hall–Kier alpha value is -1.13. The molecule has 2 aromatic rings. The second-order valence-corrected chi connectivity index (χ2v) is 4.89. The number of oxazole rings is 1. The molecule has 1 atom stereocenters. The molecule has 0 fully saturated rings. The van der Waals surface area contributed by atoms with E-state index >= 15 is 0 Å². The van der Waals surface area contributed by atoms with Crippen LogP contribution in [0.2, 0.25) is 0 Å². The van der Waals surface area contributed by atoms with Crippen LogP contribution in [0.1, 0.15) is 30.2 Å². The number of nitrogens with zero attached hydrogens (tertiary/aromatic N) is 1. The van der Waals surface area contributed by atoms with Gasteiger partial charge in [0, 0.05) is 10.9 Å². The average molecular weight is 295 g/mol. The minimum absolute atomic E-state index is 0.196. The van der Waals surface area contributed by atoms with Gasteiger partial charge in [-0.25, -0.2) is 4.98 Å². The predicted molar refractivity (Wildman–Crippen MR) is 70.9 cm³/mol. The molecular weight excluding hydrogens is 280 g/mol. The van der Waals surface area contributed by atoms with Crippen LogP contribution < -0.4 is 5.32 Å². The molecule has 0 spiro atoms. The highest BCUT2D eigenvalue weighted by Crippen LogP contribution is 2.17. The summed E-state index contributed by atoms with van der Waals surface area (Å²) in [4.78, 5) is 4.28. The van der Waals surface area contributed by atoms with Crippen molar-refractivity contribution in [2.24, 2.45) is 0 Å². The topological polar surface area (TPSA) is 38.1 Å². The standard InChI is InChI=1S/C13H15BrN2O/c1-9(15-2)12-8-16-13(17-12)7-10-3-5-11(14)6-4-10/h3-6,8-9,15H,7H2,1-2H3. The maximum Gasteiger partial charge on any atom is 0.198 e. The summed E-state index contributed by atoms with van der Waals surface area (Å²) in [6.07, 6.45) is 2.51. The molecule has 2 rings (SSSR count). The van der Waals surface area contributed by atoms with Crippen molar-refractivity contribution >= 4 is 15.9 Å². The number of hydrogen-bond donors (Lipinski definition) is 1. The van der Waals surface area contributed by atoms with Crippen molar-refractivity contribution in [1.82, 2.24) is 10.3 Å². The van der Waals surface area contributed by atoms with Gasteiger partial charge in [-0.2, -0.15) is 0 Å². The van der Waals surface area contributed by atoms with Crippen LogP contribution in [-0.2, 0) is 6.42 Å². The zero-order valence-electron chi connectivity index (χ0n) is 9.90. The number of halogens is 1. The Balaban J connectivity index is 2.08. The molecule has 3 nitrogen and oxygen atoms in total. The average Bonchev–Trinajstić information content (AvgIpc) is 2.80. The molecule has 0 aliphatic carbocycles. The molecule has 1 heterocycles.